The van der Waals surface area contributed by atoms with Crippen LogP contribution >= 0.6 is 0 Å². The highest BCUT2D eigenvalue weighted by atomic mass is 16.5. The van der Waals surface area contributed by atoms with Crippen molar-refractivity contribution in [1.29, 1.82) is 0 Å². The molecule has 0 bridgehead atoms. The maximum Gasteiger partial charge on any atom is 0.342 e. The zero-order chi connectivity index (χ0) is 12.1. The molecule has 2 heterocycles. The SMILES string of the molecule is O=c1[nH]nc(OCCC2CCCNC2)c(=O)[nH]1. The van der Waals surface area contributed by atoms with E-state index < -0.39 is 11.2 Å². The molecule has 0 saturated carbocycles. The van der Waals surface area contributed by atoms with Crippen LogP contribution < -0.4 is 21.3 Å². The lowest BCUT2D eigenvalue weighted by Crippen LogP contribution is -2.31. The van der Waals surface area contributed by atoms with Gasteiger partial charge in [0.1, 0.15) is 0 Å². The van der Waals surface area contributed by atoms with Gasteiger partial charge in [0.15, 0.2) is 0 Å². The van der Waals surface area contributed by atoms with Crippen molar-refractivity contribution in [1.82, 2.24) is 20.5 Å². The number of hydrogen-bond donors (Lipinski definition) is 3. The fraction of sp³-hybridized carbons (Fsp3) is 0.700. The van der Waals surface area contributed by atoms with Gasteiger partial charge in [-0.25, -0.2) is 9.89 Å². The van der Waals surface area contributed by atoms with Crippen molar-refractivity contribution in [2.75, 3.05) is 19.7 Å². The van der Waals surface area contributed by atoms with Gasteiger partial charge in [-0.05, 0) is 38.3 Å². The molecular formula is C10H16N4O3. The molecule has 0 amide bonds. The number of aromatic amines is 2. The number of nitrogens with zero attached hydrogens (tertiary/aromatic N) is 1. The quantitative estimate of drug-likeness (QED) is 0.641. The van der Waals surface area contributed by atoms with Crippen molar-refractivity contribution < 1.29 is 4.74 Å². The van der Waals surface area contributed by atoms with Crippen LogP contribution in [0, 0.1) is 5.92 Å². The van der Waals surface area contributed by atoms with Crippen LogP contribution in [0.4, 0.5) is 0 Å². The molecule has 2 rings (SSSR count). The lowest BCUT2D eigenvalue weighted by Gasteiger charge is -2.22. The summed E-state index contributed by atoms with van der Waals surface area (Å²) in [4.78, 5) is 24.0. The van der Waals surface area contributed by atoms with Gasteiger partial charge in [-0.15, -0.1) is 5.10 Å². The Hall–Kier alpha value is -1.63. The molecule has 1 aliphatic rings. The fourth-order valence-electron chi connectivity index (χ4n) is 1.93. The predicted octanol–water partition coefficient (Wildman–Crippen LogP) is -0.773. The van der Waals surface area contributed by atoms with Crippen LogP contribution in [0.3, 0.4) is 0 Å². The van der Waals surface area contributed by atoms with E-state index >= 15 is 0 Å². The molecule has 94 valence electrons. The number of aromatic nitrogens is 3. The molecular weight excluding hydrogens is 224 g/mol. The second kappa shape index (κ2) is 5.62. The Morgan fingerprint density at radius 1 is 1.41 bits per heavy atom. The Morgan fingerprint density at radius 3 is 3.00 bits per heavy atom. The maximum atomic E-state index is 11.2. The lowest BCUT2D eigenvalue weighted by atomic mass is 9.97. The van der Waals surface area contributed by atoms with Crippen LogP contribution in [0.2, 0.25) is 0 Å². The summed E-state index contributed by atoms with van der Waals surface area (Å²) in [6.07, 6.45) is 3.25. The molecule has 0 aliphatic carbocycles. The molecule has 7 heteroatoms. The van der Waals surface area contributed by atoms with E-state index in [0.29, 0.717) is 12.5 Å². The van der Waals surface area contributed by atoms with E-state index in [1.54, 1.807) is 0 Å². The van der Waals surface area contributed by atoms with Gasteiger partial charge in [0, 0.05) is 0 Å². The summed E-state index contributed by atoms with van der Waals surface area (Å²) in [5.74, 6) is 0.513. The minimum atomic E-state index is -0.626. The van der Waals surface area contributed by atoms with E-state index in [-0.39, 0.29) is 5.88 Å². The van der Waals surface area contributed by atoms with Gasteiger partial charge >= 0.3 is 11.2 Å². The summed E-state index contributed by atoms with van der Waals surface area (Å²) in [5.41, 5.74) is -1.21. The summed E-state index contributed by atoms with van der Waals surface area (Å²) in [5, 5.41) is 8.99. The number of rotatable bonds is 4. The Morgan fingerprint density at radius 2 is 2.29 bits per heavy atom. The standard InChI is InChI=1S/C10H16N4O3/c15-8-9(13-14-10(16)12-8)17-5-3-7-2-1-4-11-6-7/h7,11H,1-6H2,(H2,12,14,15,16). The summed E-state index contributed by atoms with van der Waals surface area (Å²) >= 11 is 0. The Balaban J connectivity index is 1.81. The zero-order valence-electron chi connectivity index (χ0n) is 9.49. The van der Waals surface area contributed by atoms with E-state index in [0.717, 1.165) is 19.5 Å². The number of ether oxygens (including phenoxy) is 1. The van der Waals surface area contributed by atoms with Crippen molar-refractivity contribution in [3.63, 3.8) is 0 Å². The first-order valence-corrected chi connectivity index (χ1v) is 5.78. The van der Waals surface area contributed by atoms with Gasteiger partial charge in [-0.1, -0.05) is 0 Å². The van der Waals surface area contributed by atoms with Crippen molar-refractivity contribution in [2.45, 2.75) is 19.3 Å². The molecule has 3 N–H and O–H groups in total. The molecule has 1 aromatic heterocycles. The van der Waals surface area contributed by atoms with E-state index in [1.807, 2.05) is 0 Å². The van der Waals surface area contributed by atoms with Crippen molar-refractivity contribution >= 4 is 0 Å². The Bertz CT molecular complexity index is 461. The molecule has 1 aliphatic heterocycles. The van der Waals surface area contributed by atoms with E-state index in [1.165, 1.54) is 12.8 Å². The largest absolute Gasteiger partial charge is 0.473 e. The predicted molar refractivity (Wildman–Crippen MR) is 61.2 cm³/mol. The van der Waals surface area contributed by atoms with Crippen LogP contribution in [-0.4, -0.2) is 34.9 Å². The third kappa shape index (κ3) is 3.42. The molecule has 1 fully saturated rings. The normalized spacial score (nSPS) is 20.1. The van der Waals surface area contributed by atoms with Gasteiger partial charge < -0.3 is 10.1 Å². The minimum absolute atomic E-state index is 0.0756. The summed E-state index contributed by atoms with van der Waals surface area (Å²) in [6.45, 7) is 2.52. The summed E-state index contributed by atoms with van der Waals surface area (Å²) < 4.78 is 5.24. The van der Waals surface area contributed by atoms with Gasteiger partial charge in [0.05, 0.1) is 6.61 Å². The molecule has 7 nitrogen and oxygen atoms in total. The zero-order valence-corrected chi connectivity index (χ0v) is 9.49. The fourth-order valence-corrected chi connectivity index (χ4v) is 1.93. The van der Waals surface area contributed by atoms with Crippen LogP contribution in [0.1, 0.15) is 19.3 Å². The molecule has 1 aromatic rings. The van der Waals surface area contributed by atoms with Gasteiger partial charge in [0.25, 0.3) is 5.88 Å². The van der Waals surface area contributed by atoms with E-state index in [4.69, 9.17) is 4.74 Å². The molecule has 17 heavy (non-hydrogen) atoms. The van der Waals surface area contributed by atoms with Gasteiger partial charge in [-0.2, -0.15) is 0 Å². The third-order valence-electron chi connectivity index (χ3n) is 2.84. The minimum Gasteiger partial charge on any atom is -0.473 e. The summed E-state index contributed by atoms with van der Waals surface area (Å²) in [7, 11) is 0. The van der Waals surface area contributed by atoms with Crippen LogP contribution in [-0.2, 0) is 0 Å². The second-order valence-corrected chi connectivity index (χ2v) is 4.16. The number of H-pyrrole nitrogens is 2. The third-order valence-corrected chi connectivity index (χ3v) is 2.84. The molecule has 0 radical (unpaired) electrons. The average molecular weight is 240 g/mol. The smallest absolute Gasteiger partial charge is 0.342 e. The number of nitrogens with one attached hydrogen (secondary N) is 3. The second-order valence-electron chi connectivity index (χ2n) is 4.16. The first-order chi connectivity index (χ1) is 8.25. The monoisotopic (exact) mass is 240 g/mol. The molecule has 1 unspecified atom stereocenters. The number of piperidine rings is 1. The van der Waals surface area contributed by atoms with Crippen LogP contribution in [0.15, 0.2) is 9.59 Å². The summed E-state index contributed by atoms with van der Waals surface area (Å²) in [6, 6.07) is 0. The highest BCUT2D eigenvalue weighted by Gasteiger charge is 2.13. The molecule has 1 saturated heterocycles. The van der Waals surface area contributed by atoms with Gasteiger partial charge in [-0.3, -0.25) is 9.78 Å². The molecule has 0 aromatic carbocycles. The Kier molecular flexibility index (Phi) is 3.92. The van der Waals surface area contributed by atoms with Crippen molar-refractivity contribution in [3.05, 3.63) is 20.8 Å². The first kappa shape index (κ1) is 11.8. The molecule has 0 spiro atoms. The van der Waals surface area contributed by atoms with Gasteiger partial charge in [0.2, 0.25) is 0 Å². The first-order valence-electron chi connectivity index (χ1n) is 5.78. The number of hydrogen-bond acceptors (Lipinski definition) is 5. The van der Waals surface area contributed by atoms with E-state index in [2.05, 4.69) is 20.5 Å². The van der Waals surface area contributed by atoms with Crippen LogP contribution in [0.5, 0.6) is 5.88 Å². The average Bonchev–Trinajstić information content (AvgIpc) is 2.33. The lowest BCUT2D eigenvalue weighted by molar-refractivity contribution is 0.242. The maximum absolute atomic E-state index is 11.2. The highest BCUT2D eigenvalue weighted by Crippen LogP contribution is 2.13. The van der Waals surface area contributed by atoms with E-state index in [9.17, 15) is 9.59 Å². The van der Waals surface area contributed by atoms with Crippen molar-refractivity contribution in [2.24, 2.45) is 5.92 Å². The Labute approximate surface area is 97.6 Å². The van der Waals surface area contributed by atoms with Crippen LogP contribution in [0.25, 0.3) is 0 Å². The highest BCUT2D eigenvalue weighted by molar-refractivity contribution is 4.98. The molecule has 1 atom stereocenters. The topological polar surface area (TPSA) is 99.9 Å². The van der Waals surface area contributed by atoms with Crippen molar-refractivity contribution in [3.8, 4) is 5.88 Å².